The van der Waals surface area contributed by atoms with Crippen LogP contribution in [0.15, 0.2) is 24.3 Å². The largest absolute Gasteiger partial charge is 0.444 e. The van der Waals surface area contributed by atoms with E-state index in [1.807, 2.05) is 4.90 Å². The number of nitro benzene ring substituents is 1. The highest BCUT2D eigenvalue weighted by Crippen LogP contribution is 2.23. The van der Waals surface area contributed by atoms with E-state index in [0.29, 0.717) is 30.5 Å². The summed E-state index contributed by atoms with van der Waals surface area (Å²) in [5, 5.41) is 11.4. The highest BCUT2D eigenvalue weighted by atomic mass is 16.6. The fourth-order valence-corrected chi connectivity index (χ4v) is 4.81. The number of ether oxygens (including phenoxy) is 1. The van der Waals surface area contributed by atoms with Crippen LogP contribution < -0.4 is 0 Å². The summed E-state index contributed by atoms with van der Waals surface area (Å²) in [5.41, 5.74) is 0.426. The number of carbonyl (C=O) groups is 1. The molecule has 2 unspecified atom stereocenters. The number of unbranched alkanes of at least 4 members (excludes halogenated alkanes) is 8. The molecular weight excluding hydrogens is 452 g/mol. The van der Waals surface area contributed by atoms with E-state index in [2.05, 4.69) is 27.7 Å². The maximum absolute atomic E-state index is 13.3. The molecule has 0 aliphatic heterocycles. The highest BCUT2D eigenvalue weighted by Gasteiger charge is 2.24. The fraction of sp³-hybridized carbons (Fsp3) is 0.767. The minimum Gasteiger partial charge on any atom is -0.444 e. The smallest absolute Gasteiger partial charge is 0.410 e. The van der Waals surface area contributed by atoms with Gasteiger partial charge < -0.3 is 9.64 Å². The lowest BCUT2D eigenvalue weighted by Crippen LogP contribution is -2.39. The van der Waals surface area contributed by atoms with Crippen molar-refractivity contribution in [2.75, 3.05) is 13.1 Å². The normalized spacial score (nSPS) is 12.8. The van der Waals surface area contributed by atoms with E-state index in [4.69, 9.17) is 4.74 Å². The number of amides is 1. The number of benzene rings is 1. The quantitative estimate of drug-likeness (QED) is 0.0949. The average molecular weight is 505 g/mol. The van der Waals surface area contributed by atoms with Crippen LogP contribution in [0.2, 0.25) is 0 Å². The number of hydrogen-bond donors (Lipinski definition) is 0. The van der Waals surface area contributed by atoms with Crippen LogP contribution in [0.1, 0.15) is 123 Å². The van der Waals surface area contributed by atoms with Gasteiger partial charge in [-0.05, 0) is 30.7 Å². The molecule has 0 aliphatic rings. The van der Waals surface area contributed by atoms with Gasteiger partial charge in [0, 0.05) is 19.2 Å². The Morgan fingerprint density at radius 2 is 1.33 bits per heavy atom. The Bertz CT molecular complexity index is 701. The predicted molar refractivity (Wildman–Crippen MR) is 149 cm³/mol. The molecule has 0 fully saturated rings. The number of para-hydroxylation sites is 1. The van der Waals surface area contributed by atoms with Crippen molar-refractivity contribution < 1.29 is 14.5 Å². The van der Waals surface area contributed by atoms with Crippen LogP contribution in [0.4, 0.5) is 10.5 Å². The first-order valence-electron chi connectivity index (χ1n) is 14.6. The molecule has 1 rings (SSSR count). The molecular formula is C30H52N2O4. The second kappa shape index (κ2) is 20.0. The Morgan fingerprint density at radius 3 is 1.81 bits per heavy atom. The lowest BCUT2D eigenvalue weighted by molar-refractivity contribution is -0.385. The van der Waals surface area contributed by atoms with E-state index in [-0.39, 0.29) is 18.4 Å². The summed E-state index contributed by atoms with van der Waals surface area (Å²) >= 11 is 0. The van der Waals surface area contributed by atoms with Gasteiger partial charge in [-0.25, -0.2) is 4.79 Å². The van der Waals surface area contributed by atoms with E-state index in [9.17, 15) is 14.9 Å². The van der Waals surface area contributed by atoms with Crippen molar-refractivity contribution in [3.63, 3.8) is 0 Å². The lowest BCUT2D eigenvalue weighted by atomic mass is 9.95. The summed E-state index contributed by atoms with van der Waals surface area (Å²) in [6, 6.07) is 6.49. The van der Waals surface area contributed by atoms with Crippen molar-refractivity contribution in [1.29, 1.82) is 0 Å². The van der Waals surface area contributed by atoms with Gasteiger partial charge in [0.2, 0.25) is 0 Å². The first kappa shape index (κ1) is 31.9. The van der Waals surface area contributed by atoms with Gasteiger partial charge in [-0.15, -0.1) is 0 Å². The third kappa shape index (κ3) is 13.3. The summed E-state index contributed by atoms with van der Waals surface area (Å²) in [4.78, 5) is 26.1. The van der Waals surface area contributed by atoms with E-state index >= 15 is 0 Å². The first-order valence-corrected chi connectivity index (χ1v) is 14.6. The van der Waals surface area contributed by atoms with Crippen LogP contribution in [0.25, 0.3) is 0 Å². The molecule has 0 radical (unpaired) electrons. The number of rotatable bonds is 21. The number of nitro groups is 1. The molecule has 1 aromatic carbocycles. The highest BCUT2D eigenvalue weighted by molar-refractivity contribution is 5.67. The maximum atomic E-state index is 13.3. The monoisotopic (exact) mass is 504 g/mol. The molecule has 1 amide bonds. The summed E-state index contributed by atoms with van der Waals surface area (Å²) in [5.74, 6) is 0.902. The number of nitrogens with zero attached hydrogens (tertiary/aromatic N) is 2. The van der Waals surface area contributed by atoms with Gasteiger partial charge in [0.05, 0.1) is 10.5 Å². The van der Waals surface area contributed by atoms with E-state index < -0.39 is 4.92 Å². The van der Waals surface area contributed by atoms with Gasteiger partial charge in [0.1, 0.15) is 6.61 Å². The standard InChI is InChI=1S/C30H52N2O4/c1-5-9-11-13-15-19-26(7-3)23-31(24-27(8-4)20-16-14-12-10-6-2)30(33)36-25-28-21-17-18-22-29(28)32(34)35/h17-18,21-22,26-27H,5-16,19-20,23-25H2,1-4H3. The van der Waals surface area contributed by atoms with Gasteiger partial charge in [0.25, 0.3) is 5.69 Å². The van der Waals surface area contributed by atoms with E-state index in [1.165, 1.54) is 70.3 Å². The molecule has 2 atom stereocenters. The zero-order valence-electron chi connectivity index (χ0n) is 23.5. The zero-order valence-corrected chi connectivity index (χ0v) is 23.5. The molecule has 0 heterocycles. The number of hydrogen-bond acceptors (Lipinski definition) is 4. The molecule has 6 heteroatoms. The molecule has 1 aromatic rings. The van der Waals surface area contributed by atoms with Crippen molar-refractivity contribution in [3.05, 3.63) is 39.9 Å². The minimum absolute atomic E-state index is 0.00567. The third-order valence-electron chi connectivity index (χ3n) is 7.34. The van der Waals surface area contributed by atoms with Crippen LogP contribution in [0, 0.1) is 22.0 Å². The Labute approximate surface area is 220 Å². The third-order valence-corrected chi connectivity index (χ3v) is 7.34. The van der Waals surface area contributed by atoms with Crippen molar-refractivity contribution in [2.24, 2.45) is 11.8 Å². The van der Waals surface area contributed by atoms with Crippen LogP contribution in [-0.4, -0.2) is 29.0 Å². The molecule has 0 aliphatic carbocycles. The molecule has 0 saturated heterocycles. The Kier molecular flexibility index (Phi) is 17.7. The Hall–Kier alpha value is -2.11. The summed E-state index contributed by atoms with van der Waals surface area (Å²) in [7, 11) is 0. The summed E-state index contributed by atoms with van der Waals surface area (Å²) < 4.78 is 5.67. The first-order chi connectivity index (χ1) is 17.5. The molecule has 0 aromatic heterocycles. The maximum Gasteiger partial charge on any atom is 0.410 e. The average Bonchev–Trinajstić information content (AvgIpc) is 2.89. The van der Waals surface area contributed by atoms with Gasteiger partial charge >= 0.3 is 6.09 Å². The summed E-state index contributed by atoms with van der Waals surface area (Å²) in [6.45, 7) is 10.2. The van der Waals surface area contributed by atoms with Gasteiger partial charge in [-0.2, -0.15) is 0 Å². The second-order valence-corrected chi connectivity index (χ2v) is 10.3. The van der Waals surface area contributed by atoms with Gasteiger partial charge in [-0.1, -0.05) is 117 Å². The zero-order chi connectivity index (χ0) is 26.6. The van der Waals surface area contributed by atoms with Crippen molar-refractivity contribution in [2.45, 2.75) is 124 Å². The van der Waals surface area contributed by atoms with Crippen molar-refractivity contribution >= 4 is 11.8 Å². The topological polar surface area (TPSA) is 72.7 Å². The molecule has 0 N–H and O–H groups in total. The molecule has 0 saturated carbocycles. The van der Waals surface area contributed by atoms with Gasteiger partial charge in [0.15, 0.2) is 0 Å². The molecule has 0 spiro atoms. The predicted octanol–water partition coefficient (Wildman–Crippen LogP) is 9.31. The van der Waals surface area contributed by atoms with E-state index in [1.54, 1.807) is 18.2 Å². The molecule has 6 nitrogen and oxygen atoms in total. The van der Waals surface area contributed by atoms with Crippen LogP contribution in [0.3, 0.4) is 0 Å². The minimum atomic E-state index is -0.418. The van der Waals surface area contributed by atoms with Crippen LogP contribution >= 0.6 is 0 Å². The van der Waals surface area contributed by atoms with Crippen LogP contribution in [-0.2, 0) is 11.3 Å². The molecule has 0 bridgehead atoms. The lowest BCUT2D eigenvalue weighted by Gasteiger charge is -2.30. The number of carbonyl (C=O) groups excluding carboxylic acids is 1. The molecule has 206 valence electrons. The van der Waals surface area contributed by atoms with Crippen LogP contribution in [0.5, 0.6) is 0 Å². The van der Waals surface area contributed by atoms with Gasteiger partial charge in [-0.3, -0.25) is 10.1 Å². The fourth-order valence-electron chi connectivity index (χ4n) is 4.81. The SMILES string of the molecule is CCCCCCCC(CC)CN(CC(CC)CCCCCCC)C(=O)OCc1ccccc1[N+](=O)[O-]. The Balaban J connectivity index is 2.81. The van der Waals surface area contributed by atoms with Crippen molar-refractivity contribution in [3.8, 4) is 0 Å². The second-order valence-electron chi connectivity index (χ2n) is 10.3. The summed E-state index contributed by atoms with van der Waals surface area (Å²) in [6.07, 6.45) is 16.5. The Morgan fingerprint density at radius 1 is 0.833 bits per heavy atom. The van der Waals surface area contributed by atoms with E-state index in [0.717, 1.165) is 25.7 Å². The van der Waals surface area contributed by atoms with Crippen molar-refractivity contribution in [1.82, 2.24) is 4.90 Å². The molecule has 36 heavy (non-hydrogen) atoms.